The highest BCUT2D eigenvalue weighted by atomic mass is 32.1. The van der Waals surface area contributed by atoms with Crippen LogP contribution in [-0.2, 0) is 0 Å². The van der Waals surface area contributed by atoms with Crippen molar-refractivity contribution in [3.63, 3.8) is 0 Å². The molecule has 0 aliphatic carbocycles. The summed E-state index contributed by atoms with van der Waals surface area (Å²) in [6, 6.07) is 7.02. The van der Waals surface area contributed by atoms with Crippen molar-refractivity contribution >= 4 is 22.7 Å². The highest BCUT2D eigenvalue weighted by molar-refractivity contribution is 7.13. The third kappa shape index (κ3) is 2.37. The number of aryl methyl sites for hydroxylation is 2. The van der Waals surface area contributed by atoms with Gasteiger partial charge >= 0.3 is 0 Å². The monoisotopic (exact) mass is 251 g/mol. The Balaban J connectivity index is 2.32. The zero-order chi connectivity index (χ0) is 11.5. The van der Waals surface area contributed by atoms with Crippen LogP contribution in [0.4, 0.5) is 0 Å². The van der Waals surface area contributed by atoms with Crippen molar-refractivity contribution in [2.45, 2.75) is 26.8 Å². The Bertz CT molecular complexity index is 423. The van der Waals surface area contributed by atoms with Gasteiger partial charge in [0.15, 0.2) is 0 Å². The molecular weight excluding hydrogens is 234 g/mol. The molecule has 2 aromatic rings. The first-order valence-electron chi connectivity index (χ1n) is 5.56. The molecule has 0 amide bonds. The van der Waals surface area contributed by atoms with E-state index in [-0.39, 0.29) is 0 Å². The smallest absolute Gasteiger partial charge is 0.0765 e. The molecule has 1 N–H and O–H groups in total. The minimum atomic E-state index is 0.377. The quantitative estimate of drug-likeness (QED) is 0.861. The number of thiophene rings is 2. The third-order valence-electron chi connectivity index (χ3n) is 2.71. The second-order valence-electron chi connectivity index (χ2n) is 3.89. The molecule has 2 rings (SSSR count). The lowest BCUT2D eigenvalue weighted by Gasteiger charge is -2.14. The highest BCUT2D eigenvalue weighted by Gasteiger charge is 2.16. The lowest BCUT2D eigenvalue weighted by atomic mass is 10.1. The van der Waals surface area contributed by atoms with Gasteiger partial charge in [-0.05, 0) is 43.5 Å². The van der Waals surface area contributed by atoms with E-state index in [2.05, 4.69) is 49.7 Å². The Morgan fingerprint density at radius 1 is 1.31 bits per heavy atom. The van der Waals surface area contributed by atoms with Gasteiger partial charge in [0.1, 0.15) is 0 Å². The number of rotatable bonds is 4. The Morgan fingerprint density at radius 3 is 2.62 bits per heavy atom. The highest BCUT2D eigenvalue weighted by Crippen LogP contribution is 2.32. The normalized spacial score (nSPS) is 12.9. The van der Waals surface area contributed by atoms with Gasteiger partial charge in [0.05, 0.1) is 6.04 Å². The summed E-state index contributed by atoms with van der Waals surface area (Å²) in [6.07, 6.45) is 0. The predicted molar refractivity (Wildman–Crippen MR) is 73.6 cm³/mol. The van der Waals surface area contributed by atoms with Crippen molar-refractivity contribution in [3.8, 4) is 0 Å². The largest absolute Gasteiger partial charge is 0.305 e. The van der Waals surface area contributed by atoms with Crippen LogP contribution in [0.2, 0.25) is 0 Å². The van der Waals surface area contributed by atoms with Crippen molar-refractivity contribution in [3.05, 3.63) is 43.8 Å². The molecule has 3 heteroatoms. The zero-order valence-corrected chi connectivity index (χ0v) is 11.5. The summed E-state index contributed by atoms with van der Waals surface area (Å²) >= 11 is 3.73. The maximum absolute atomic E-state index is 3.56. The minimum absolute atomic E-state index is 0.377. The summed E-state index contributed by atoms with van der Waals surface area (Å²) in [5, 5.41) is 5.71. The van der Waals surface area contributed by atoms with E-state index in [1.165, 1.54) is 20.2 Å². The molecule has 2 heterocycles. The molecule has 16 heavy (non-hydrogen) atoms. The van der Waals surface area contributed by atoms with Crippen LogP contribution in [0.1, 0.15) is 33.2 Å². The lowest BCUT2D eigenvalue weighted by molar-refractivity contribution is 0.648. The Morgan fingerprint density at radius 2 is 2.12 bits per heavy atom. The SMILES string of the molecule is CCNC(c1cccs1)c1cc(C)c(C)s1. The molecule has 0 radical (unpaired) electrons. The van der Waals surface area contributed by atoms with E-state index < -0.39 is 0 Å². The van der Waals surface area contributed by atoms with E-state index in [0.717, 1.165) is 6.54 Å². The second kappa shape index (κ2) is 5.13. The van der Waals surface area contributed by atoms with Crippen LogP contribution in [0, 0.1) is 13.8 Å². The zero-order valence-electron chi connectivity index (χ0n) is 9.91. The summed E-state index contributed by atoms with van der Waals surface area (Å²) in [7, 11) is 0. The van der Waals surface area contributed by atoms with Crippen molar-refractivity contribution in [1.82, 2.24) is 5.32 Å². The topological polar surface area (TPSA) is 12.0 Å². The Hall–Kier alpha value is -0.640. The standard InChI is InChI=1S/C13H17NS2/c1-4-14-13(11-6-5-7-15-11)12-8-9(2)10(3)16-12/h5-8,13-14H,4H2,1-3H3. The van der Waals surface area contributed by atoms with Gasteiger partial charge in [0.2, 0.25) is 0 Å². The molecule has 2 aromatic heterocycles. The molecule has 0 aliphatic heterocycles. The van der Waals surface area contributed by atoms with E-state index in [1.54, 1.807) is 0 Å². The van der Waals surface area contributed by atoms with Gasteiger partial charge in [-0.25, -0.2) is 0 Å². The summed E-state index contributed by atoms with van der Waals surface area (Å²) in [5.74, 6) is 0. The van der Waals surface area contributed by atoms with Crippen LogP contribution < -0.4 is 5.32 Å². The first-order valence-corrected chi connectivity index (χ1v) is 7.25. The first-order chi connectivity index (χ1) is 7.72. The van der Waals surface area contributed by atoms with Crippen molar-refractivity contribution in [2.24, 2.45) is 0 Å². The summed E-state index contributed by atoms with van der Waals surface area (Å²) < 4.78 is 0. The van der Waals surface area contributed by atoms with E-state index in [0.29, 0.717) is 6.04 Å². The van der Waals surface area contributed by atoms with Gasteiger partial charge in [-0.3, -0.25) is 0 Å². The molecule has 86 valence electrons. The molecule has 0 saturated heterocycles. The predicted octanol–water partition coefficient (Wildman–Crippen LogP) is 4.13. The fourth-order valence-corrected chi connectivity index (χ4v) is 3.77. The van der Waals surface area contributed by atoms with E-state index in [9.17, 15) is 0 Å². The number of hydrogen-bond acceptors (Lipinski definition) is 3. The summed E-state index contributed by atoms with van der Waals surface area (Å²) in [4.78, 5) is 4.26. The molecule has 1 nitrogen and oxygen atoms in total. The minimum Gasteiger partial charge on any atom is -0.305 e. The molecule has 0 spiro atoms. The molecule has 0 fully saturated rings. The van der Waals surface area contributed by atoms with Crippen LogP contribution in [0.5, 0.6) is 0 Å². The van der Waals surface area contributed by atoms with Crippen molar-refractivity contribution < 1.29 is 0 Å². The van der Waals surface area contributed by atoms with Gasteiger partial charge in [0, 0.05) is 14.6 Å². The van der Waals surface area contributed by atoms with Crippen LogP contribution in [0.15, 0.2) is 23.6 Å². The molecule has 0 aliphatic rings. The first kappa shape index (κ1) is 11.8. The average Bonchev–Trinajstić information content (AvgIpc) is 2.86. The van der Waals surface area contributed by atoms with Gasteiger partial charge in [-0.1, -0.05) is 13.0 Å². The van der Waals surface area contributed by atoms with Gasteiger partial charge in [-0.15, -0.1) is 22.7 Å². The van der Waals surface area contributed by atoms with Crippen LogP contribution in [0.3, 0.4) is 0 Å². The molecule has 1 atom stereocenters. The second-order valence-corrected chi connectivity index (χ2v) is 6.16. The summed E-state index contributed by atoms with van der Waals surface area (Å²) in [6.45, 7) is 7.54. The maximum Gasteiger partial charge on any atom is 0.0765 e. The van der Waals surface area contributed by atoms with E-state index in [4.69, 9.17) is 0 Å². The molecule has 0 bridgehead atoms. The van der Waals surface area contributed by atoms with E-state index >= 15 is 0 Å². The fraction of sp³-hybridized carbons (Fsp3) is 0.385. The van der Waals surface area contributed by atoms with Gasteiger partial charge in [-0.2, -0.15) is 0 Å². The van der Waals surface area contributed by atoms with Crippen LogP contribution >= 0.6 is 22.7 Å². The Labute approximate surface area is 105 Å². The van der Waals surface area contributed by atoms with Crippen LogP contribution in [0.25, 0.3) is 0 Å². The van der Waals surface area contributed by atoms with Crippen molar-refractivity contribution in [2.75, 3.05) is 6.54 Å². The third-order valence-corrected chi connectivity index (χ3v) is 4.86. The Kier molecular flexibility index (Phi) is 3.79. The van der Waals surface area contributed by atoms with Gasteiger partial charge in [0.25, 0.3) is 0 Å². The van der Waals surface area contributed by atoms with Gasteiger partial charge < -0.3 is 5.32 Å². The van der Waals surface area contributed by atoms with Crippen molar-refractivity contribution in [1.29, 1.82) is 0 Å². The van der Waals surface area contributed by atoms with E-state index in [1.807, 2.05) is 22.7 Å². The summed E-state index contributed by atoms with van der Waals surface area (Å²) in [5.41, 5.74) is 1.40. The maximum atomic E-state index is 3.56. The molecular formula is C13H17NS2. The lowest BCUT2D eigenvalue weighted by Crippen LogP contribution is -2.20. The molecule has 0 saturated carbocycles. The molecule has 0 aromatic carbocycles. The fourth-order valence-electron chi connectivity index (χ4n) is 1.75. The number of hydrogen-bond donors (Lipinski definition) is 1. The number of nitrogens with one attached hydrogen (secondary N) is 1. The molecule has 1 unspecified atom stereocenters. The average molecular weight is 251 g/mol. The van der Waals surface area contributed by atoms with Crippen LogP contribution in [-0.4, -0.2) is 6.54 Å².